The van der Waals surface area contributed by atoms with Crippen molar-refractivity contribution in [2.75, 3.05) is 18.9 Å². The van der Waals surface area contributed by atoms with Crippen molar-refractivity contribution in [3.8, 4) is 0 Å². The van der Waals surface area contributed by atoms with Gasteiger partial charge >= 0.3 is 0 Å². The third-order valence-electron chi connectivity index (χ3n) is 3.11. The first kappa shape index (κ1) is 15.5. The number of thiophene rings is 1. The third-order valence-corrected chi connectivity index (χ3v) is 3.97. The first-order chi connectivity index (χ1) is 10.1. The molecule has 0 amide bonds. The van der Waals surface area contributed by atoms with Crippen LogP contribution in [0.1, 0.15) is 17.4 Å². The summed E-state index contributed by atoms with van der Waals surface area (Å²) in [5.74, 6) is 0. The predicted molar refractivity (Wildman–Crippen MR) is 86.8 cm³/mol. The Kier molecular flexibility index (Phi) is 5.30. The lowest BCUT2D eigenvalue weighted by Gasteiger charge is -2.18. The predicted octanol–water partition coefficient (Wildman–Crippen LogP) is 3.72. The second kappa shape index (κ2) is 7.19. The van der Waals surface area contributed by atoms with Gasteiger partial charge in [-0.2, -0.15) is 0 Å². The highest BCUT2D eigenvalue weighted by molar-refractivity contribution is 7.09. The molecule has 0 aliphatic rings. The number of nitro groups is 1. The molecule has 1 heterocycles. The van der Waals surface area contributed by atoms with Gasteiger partial charge in [-0.15, -0.1) is 11.3 Å². The maximum atomic E-state index is 10.9. The Morgan fingerprint density at radius 1 is 1.33 bits per heavy atom. The molecule has 0 saturated carbocycles. The molecule has 0 spiro atoms. The molecule has 0 unspecified atom stereocenters. The number of nitrogens with zero attached hydrogens (tertiary/aromatic N) is 2. The van der Waals surface area contributed by atoms with Gasteiger partial charge in [0.15, 0.2) is 0 Å². The van der Waals surface area contributed by atoms with Gasteiger partial charge in [-0.05, 0) is 37.0 Å². The maximum Gasteiger partial charge on any atom is 0.269 e. The van der Waals surface area contributed by atoms with Gasteiger partial charge in [0.1, 0.15) is 0 Å². The first-order valence-corrected chi connectivity index (χ1v) is 7.70. The fraction of sp³-hybridized carbons (Fsp3) is 0.333. The van der Waals surface area contributed by atoms with E-state index in [-0.39, 0.29) is 10.6 Å². The quantitative estimate of drug-likeness (QED) is 0.625. The summed E-state index contributed by atoms with van der Waals surface area (Å²) in [5.41, 5.74) is 2.04. The maximum absolute atomic E-state index is 10.9. The molecule has 0 aliphatic heterocycles. The standard InChI is InChI=1S/C15H19N3O2S/c1-3-16-15-7-6-13(18(19)20)9-12(15)10-17(2)11-14-5-4-8-21-14/h4-9,16H,3,10-11H2,1-2H3. The number of anilines is 1. The lowest BCUT2D eigenvalue weighted by Crippen LogP contribution is -2.18. The van der Waals surface area contributed by atoms with Crippen LogP contribution in [0.3, 0.4) is 0 Å². The number of nitrogens with one attached hydrogen (secondary N) is 1. The summed E-state index contributed by atoms with van der Waals surface area (Å²) < 4.78 is 0. The topological polar surface area (TPSA) is 58.4 Å². The van der Waals surface area contributed by atoms with Crippen LogP contribution in [0.25, 0.3) is 0 Å². The molecule has 1 aromatic carbocycles. The van der Waals surface area contributed by atoms with Gasteiger partial charge in [0, 0.05) is 42.3 Å². The van der Waals surface area contributed by atoms with E-state index in [4.69, 9.17) is 0 Å². The Hall–Kier alpha value is -1.92. The summed E-state index contributed by atoms with van der Waals surface area (Å²) in [6, 6.07) is 9.12. The van der Waals surface area contributed by atoms with E-state index < -0.39 is 0 Å². The highest BCUT2D eigenvalue weighted by atomic mass is 32.1. The van der Waals surface area contributed by atoms with Crippen LogP contribution in [0.15, 0.2) is 35.7 Å². The van der Waals surface area contributed by atoms with E-state index in [0.29, 0.717) is 6.54 Å². The first-order valence-electron chi connectivity index (χ1n) is 6.82. The van der Waals surface area contributed by atoms with Gasteiger partial charge in [0.25, 0.3) is 5.69 Å². The number of benzene rings is 1. The fourth-order valence-electron chi connectivity index (χ4n) is 2.20. The number of rotatable bonds is 7. The van der Waals surface area contributed by atoms with Gasteiger partial charge in [-0.3, -0.25) is 15.0 Å². The van der Waals surface area contributed by atoms with Crippen LogP contribution in [-0.4, -0.2) is 23.4 Å². The van der Waals surface area contributed by atoms with E-state index in [1.807, 2.05) is 20.0 Å². The second-order valence-electron chi connectivity index (χ2n) is 4.88. The molecule has 0 bridgehead atoms. The summed E-state index contributed by atoms with van der Waals surface area (Å²) in [7, 11) is 2.02. The monoisotopic (exact) mass is 305 g/mol. The van der Waals surface area contributed by atoms with Gasteiger partial charge in [-0.1, -0.05) is 6.07 Å². The van der Waals surface area contributed by atoms with Gasteiger partial charge in [0.2, 0.25) is 0 Å². The summed E-state index contributed by atoms with van der Waals surface area (Å²) >= 11 is 1.72. The van der Waals surface area contributed by atoms with Crippen LogP contribution in [0, 0.1) is 10.1 Å². The Bertz CT molecular complexity index is 599. The van der Waals surface area contributed by atoms with Crippen molar-refractivity contribution >= 4 is 22.7 Å². The molecular weight excluding hydrogens is 286 g/mol. The van der Waals surface area contributed by atoms with Gasteiger partial charge in [0.05, 0.1) is 4.92 Å². The van der Waals surface area contributed by atoms with Crippen LogP contribution < -0.4 is 5.32 Å². The van der Waals surface area contributed by atoms with Gasteiger partial charge < -0.3 is 5.32 Å². The van der Waals surface area contributed by atoms with Crippen LogP contribution in [-0.2, 0) is 13.1 Å². The highest BCUT2D eigenvalue weighted by Gasteiger charge is 2.12. The zero-order chi connectivity index (χ0) is 15.2. The molecule has 5 nitrogen and oxygen atoms in total. The van der Waals surface area contributed by atoms with Crippen LogP contribution in [0.2, 0.25) is 0 Å². The lowest BCUT2D eigenvalue weighted by atomic mass is 10.1. The molecule has 1 N–H and O–H groups in total. The Balaban J connectivity index is 2.15. The molecule has 112 valence electrons. The van der Waals surface area contributed by atoms with E-state index in [1.165, 1.54) is 4.88 Å². The SMILES string of the molecule is CCNc1ccc([N+](=O)[O-])cc1CN(C)Cc1cccs1. The molecule has 0 saturated heterocycles. The number of hydrogen-bond donors (Lipinski definition) is 1. The Morgan fingerprint density at radius 3 is 2.76 bits per heavy atom. The lowest BCUT2D eigenvalue weighted by molar-refractivity contribution is -0.384. The van der Waals surface area contributed by atoms with E-state index in [0.717, 1.165) is 24.3 Å². The van der Waals surface area contributed by atoms with Crippen molar-refractivity contribution < 1.29 is 4.92 Å². The van der Waals surface area contributed by atoms with Crippen molar-refractivity contribution in [3.63, 3.8) is 0 Å². The minimum absolute atomic E-state index is 0.135. The van der Waals surface area contributed by atoms with E-state index in [9.17, 15) is 10.1 Å². The van der Waals surface area contributed by atoms with E-state index in [1.54, 1.807) is 29.5 Å². The molecule has 2 aromatic rings. The normalized spacial score (nSPS) is 10.8. The van der Waals surface area contributed by atoms with Crippen molar-refractivity contribution in [3.05, 3.63) is 56.3 Å². The number of nitro benzene ring substituents is 1. The van der Waals surface area contributed by atoms with Crippen molar-refractivity contribution in [1.29, 1.82) is 0 Å². The zero-order valence-electron chi connectivity index (χ0n) is 12.2. The minimum Gasteiger partial charge on any atom is -0.385 e. The Labute approximate surface area is 128 Å². The van der Waals surface area contributed by atoms with Gasteiger partial charge in [-0.25, -0.2) is 0 Å². The zero-order valence-corrected chi connectivity index (χ0v) is 13.0. The summed E-state index contributed by atoms with van der Waals surface area (Å²) in [6.45, 7) is 4.31. The summed E-state index contributed by atoms with van der Waals surface area (Å²) in [5, 5.41) is 16.3. The number of hydrogen-bond acceptors (Lipinski definition) is 5. The van der Waals surface area contributed by atoms with Crippen LogP contribution in [0.4, 0.5) is 11.4 Å². The molecule has 0 atom stereocenters. The highest BCUT2D eigenvalue weighted by Crippen LogP contribution is 2.24. The molecule has 21 heavy (non-hydrogen) atoms. The molecule has 1 aromatic heterocycles. The summed E-state index contributed by atoms with van der Waals surface area (Å²) in [4.78, 5) is 14.0. The van der Waals surface area contributed by atoms with Crippen LogP contribution >= 0.6 is 11.3 Å². The summed E-state index contributed by atoms with van der Waals surface area (Å²) in [6.07, 6.45) is 0. The van der Waals surface area contributed by atoms with E-state index in [2.05, 4.69) is 21.7 Å². The fourth-order valence-corrected chi connectivity index (χ4v) is 2.99. The molecule has 0 radical (unpaired) electrons. The second-order valence-corrected chi connectivity index (χ2v) is 5.91. The third kappa shape index (κ3) is 4.27. The van der Waals surface area contributed by atoms with Crippen LogP contribution in [0.5, 0.6) is 0 Å². The Morgan fingerprint density at radius 2 is 2.14 bits per heavy atom. The molecule has 6 heteroatoms. The smallest absolute Gasteiger partial charge is 0.269 e. The minimum atomic E-state index is -0.349. The largest absolute Gasteiger partial charge is 0.385 e. The average molecular weight is 305 g/mol. The van der Waals surface area contributed by atoms with Crippen molar-refractivity contribution in [2.24, 2.45) is 0 Å². The molecule has 0 aliphatic carbocycles. The van der Waals surface area contributed by atoms with E-state index >= 15 is 0 Å². The molecular formula is C15H19N3O2S. The molecule has 0 fully saturated rings. The van der Waals surface area contributed by atoms with Crippen molar-refractivity contribution in [1.82, 2.24) is 4.90 Å². The van der Waals surface area contributed by atoms with Crippen molar-refractivity contribution in [2.45, 2.75) is 20.0 Å². The number of non-ortho nitro benzene ring substituents is 1. The average Bonchev–Trinajstić information content (AvgIpc) is 2.93. The molecule has 2 rings (SSSR count).